The van der Waals surface area contributed by atoms with Crippen LogP contribution in [0.5, 0.6) is 5.75 Å². The number of fused-ring (bicyclic) bond motifs is 2. The van der Waals surface area contributed by atoms with E-state index in [0.717, 1.165) is 66.1 Å². The molecule has 2 N–H and O–H groups in total. The van der Waals surface area contributed by atoms with Crippen LogP contribution in [0.15, 0.2) is 60.7 Å². The van der Waals surface area contributed by atoms with Gasteiger partial charge in [-0.3, -0.25) is 9.59 Å². The number of rotatable bonds is 10. The van der Waals surface area contributed by atoms with Crippen LogP contribution in [0.2, 0.25) is 0 Å². The van der Waals surface area contributed by atoms with Crippen molar-refractivity contribution >= 4 is 22.7 Å². The molecule has 7 heteroatoms. The molecule has 0 radical (unpaired) electrons. The fraction of sp³-hybridized carbons (Fsp3) is 0.417. The fourth-order valence-electron chi connectivity index (χ4n) is 6.61. The maximum atomic E-state index is 13.4. The van der Waals surface area contributed by atoms with Crippen molar-refractivity contribution in [1.29, 1.82) is 0 Å². The Morgan fingerprint density at radius 1 is 1.09 bits per heavy atom. The van der Waals surface area contributed by atoms with Gasteiger partial charge in [0.2, 0.25) is 5.91 Å². The van der Waals surface area contributed by atoms with E-state index in [-0.39, 0.29) is 23.7 Å². The van der Waals surface area contributed by atoms with Crippen molar-refractivity contribution in [2.24, 2.45) is 5.73 Å². The van der Waals surface area contributed by atoms with Crippen molar-refractivity contribution in [3.05, 3.63) is 83.2 Å². The molecule has 0 aliphatic carbocycles. The molecule has 2 aliphatic rings. The van der Waals surface area contributed by atoms with Gasteiger partial charge >= 0.3 is 0 Å². The summed E-state index contributed by atoms with van der Waals surface area (Å²) in [5.74, 6) is 2.48. The fourth-order valence-corrected chi connectivity index (χ4v) is 6.61. The number of piperidine rings is 1. The molecule has 1 aromatic heterocycles. The number of nitrogens with two attached hydrogens (primary N) is 1. The zero-order valence-corrected chi connectivity index (χ0v) is 25.4. The van der Waals surface area contributed by atoms with Gasteiger partial charge < -0.3 is 19.9 Å². The van der Waals surface area contributed by atoms with Gasteiger partial charge in [-0.1, -0.05) is 49.4 Å². The molecule has 1 amide bonds. The third kappa shape index (κ3) is 6.37. The second kappa shape index (κ2) is 12.7. The van der Waals surface area contributed by atoms with Gasteiger partial charge in [-0.15, -0.1) is 0 Å². The molecule has 0 saturated carbocycles. The molecule has 2 aliphatic heterocycles. The quantitative estimate of drug-likeness (QED) is 0.250. The molecule has 1 saturated heterocycles. The van der Waals surface area contributed by atoms with E-state index >= 15 is 0 Å². The summed E-state index contributed by atoms with van der Waals surface area (Å²) in [6, 6.07) is 20.9. The van der Waals surface area contributed by atoms with Crippen molar-refractivity contribution < 1.29 is 14.3 Å². The third-order valence-electron chi connectivity index (χ3n) is 9.07. The van der Waals surface area contributed by atoms with E-state index in [1.807, 2.05) is 11.8 Å². The summed E-state index contributed by atoms with van der Waals surface area (Å²) < 4.78 is 7.86. The normalized spacial score (nSPS) is 17.1. The SMILES string of the molecule is CCC(=O)CCn1c([C@@H]2CCCN(C(=O)C[C@H](N)Cc3ccc(-c4ccc5c(c4)CCO5)cc3)C2)nc2c(C)cccc21. The molecule has 0 spiro atoms. The average Bonchev–Trinajstić information content (AvgIpc) is 3.65. The molecular weight excluding hydrogens is 536 g/mol. The second-order valence-corrected chi connectivity index (χ2v) is 12.2. The Labute approximate surface area is 254 Å². The highest BCUT2D eigenvalue weighted by Crippen LogP contribution is 2.32. The Kier molecular flexibility index (Phi) is 8.61. The molecule has 3 heterocycles. The molecule has 4 aromatic rings. The summed E-state index contributed by atoms with van der Waals surface area (Å²) in [5.41, 5.74) is 14.5. The number of Topliss-reactive ketones (excluding diaryl/α,β-unsaturated/α-hetero) is 1. The van der Waals surface area contributed by atoms with Gasteiger partial charge in [-0.25, -0.2) is 4.98 Å². The first-order valence-corrected chi connectivity index (χ1v) is 15.8. The molecule has 224 valence electrons. The van der Waals surface area contributed by atoms with Gasteiger partial charge in [0.1, 0.15) is 17.4 Å². The maximum absolute atomic E-state index is 13.4. The number of imidazole rings is 1. The number of aromatic nitrogens is 2. The monoisotopic (exact) mass is 578 g/mol. The number of carbonyl (C=O) groups is 2. The van der Waals surface area contributed by atoms with Gasteiger partial charge in [0, 0.05) is 57.3 Å². The maximum Gasteiger partial charge on any atom is 0.224 e. The van der Waals surface area contributed by atoms with Crippen LogP contribution in [0.1, 0.15) is 67.5 Å². The van der Waals surface area contributed by atoms with Gasteiger partial charge in [-0.2, -0.15) is 0 Å². The van der Waals surface area contributed by atoms with Crippen molar-refractivity contribution in [3.63, 3.8) is 0 Å². The number of aryl methyl sites for hydroxylation is 2. The van der Waals surface area contributed by atoms with E-state index in [4.69, 9.17) is 15.5 Å². The van der Waals surface area contributed by atoms with E-state index in [0.29, 0.717) is 38.8 Å². The molecule has 3 aromatic carbocycles. The van der Waals surface area contributed by atoms with Gasteiger partial charge in [-0.05, 0) is 72.2 Å². The van der Waals surface area contributed by atoms with E-state index < -0.39 is 0 Å². The Morgan fingerprint density at radius 3 is 2.72 bits per heavy atom. The lowest BCUT2D eigenvalue weighted by Gasteiger charge is -2.33. The molecule has 2 atom stereocenters. The summed E-state index contributed by atoms with van der Waals surface area (Å²) in [6.07, 6.45) is 4.88. The van der Waals surface area contributed by atoms with E-state index in [9.17, 15) is 9.59 Å². The first kappa shape index (κ1) is 29.1. The second-order valence-electron chi connectivity index (χ2n) is 12.2. The first-order valence-electron chi connectivity index (χ1n) is 15.8. The number of carbonyl (C=O) groups excluding carboxylic acids is 2. The molecular formula is C36H42N4O3. The number of nitrogens with zero attached hydrogens (tertiary/aromatic N) is 3. The number of benzene rings is 3. The Morgan fingerprint density at radius 2 is 1.91 bits per heavy atom. The van der Waals surface area contributed by atoms with Crippen molar-refractivity contribution in [3.8, 4) is 16.9 Å². The molecule has 43 heavy (non-hydrogen) atoms. The van der Waals surface area contributed by atoms with Crippen molar-refractivity contribution in [2.75, 3.05) is 19.7 Å². The van der Waals surface area contributed by atoms with Crippen LogP contribution in [-0.4, -0.2) is 51.9 Å². The minimum absolute atomic E-state index is 0.106. The van der Waals surface area contributed by atoms with Crippen LogP contribution in [0.25, 0.3) is 22.2 Å². The molecule has 6 rings (SSSR count). The largest absolute Gasteiger partial charge is 0.493 e. The van der Waals surface area contributed by atoms with Crippen molar-refractivity contribution in [1.82, 2.24) is 14.5 Å². The molecule has 0 bridgehead atoms. The first-order chi connectivity index (χ1) is 20.9. The van der Waals surface area contributed by atoms with Crippen LogP contribution in [0, 0.1) is 6.92 Å². The summed E-state index contributed by atoms with van der Waals surface area (Å²) >= 11 is 0. The van der Waals surface area contributed by atoms with E-state index in [1.54, 1.807) is 0 Å². The number of ether oxygens (including phenoxy) is 1. The number of para-hydroxylation sites is 1. The van der Waals surface area contributed by atoms with Crippen LogP contribution < -0.4 is 10.5 Å². The highest BCUT2D eigenvalue weighted by atomic mass is 16.5. The minimum atomic E-state index is -0.247. The lowest BCUT2D eigenvalue weighted by atomic mass is 9.95. The summed E-state index contributed by atoms with van der Waals surface area (Å²) in [6.45, 7) is 6.75. The summed E-state index contributed by atoms with van der Waals surface area (Å²) in [7, 11) is 0. The average molecular weight is 579 g/mol. The Balaban J connectivity index is 1.09. The van der Waals surface area contributed by atoms with E-state index in [1.165, 1.54) is 16.7 Å². The zero-order chi connectivity index (χ0) is 29.9. The van der Waals surface area contributed by atoms with Gasteiger partial charge in [0.05, 0.1) is 17.6 Å². The number of amides is 1. The lowest BCUT2D eigenvalue weighted by molar-refractivity contribution is -0.132. The third-order valence-corrected chi connectivity index (χ3v) is 9.07. The summed E-state index contributed by atoms with van der Waals surface area (Å²) in [5, 5.41) is 0. The Bertz CT molecular complexity index is 1620. The molecule has 1 fully saturated rings. The highest BCUT2D eigenvalue weighted by Gasteiger charge is 2.29. The van der Waals surface area contributed by atoms with E-state index in [2.05, 4.69) is 72.2 Å². The predicted octanol–water partition coefficient (Wildman–Crippen LogP) is 5.98. The van der Waals surface area contributed by atoms with Crippen LogP contribution in [0.3, 0.4) is 0 Å². The lowest BCUT2D eigenvalue weighted by Crippen LogP contribution is -2.42. The highest BCUT2D eigenvalue weighted by molar-refractivity contribution is 5.81. The minimum Gasteiger partial charge on any atom is -0.493 e. The van der Waals surface area contributed by atoms with Crippen LogP contribution in [0.4, 0.5) is 0 Å². The van der Waals surface area contributed by atoms with Gasteiger partial charge in [0.15, 0.2) is 0 Å². The van der Waals surface area contributed by atoms with Crippen molar-refractivity contribution in [2.45, 2.75) is 77.3 Å². The van der Waals surface area contributed by atoms with Crippen LogP contribution >= 0.6 is 0 Å². The zero-order valence-electron chi connectivity index (χ0n) is 25.4. The number of hydrogen-bond acceptors (Lipinski definition) is 5. The predicted molar refractivity (Wildman–Crippen MR) is 170 cm³/mol. The summed E-state index contributed by atoms with van der Waals surface area (Å²) in [4.78, 5) is 32.7. The number of ketones is 1. The van der Waals surface area contributed by atoms with Crippen LogP contribution in [-0.2, 0) is 29.0 Å². The number of hydrogen-bond donors (Lipinski definition) is 1. The smallest absolute Gasteiger partial charge is 0.224 e. The molecule has 7 nitrogen and oxygen atoms in total. The topological polar surface area (TPSA) is 90.5 Å². The number of likely N-dealkylation sites (tertiary alicyclic amines) is 1. The molecule has 0 unspecified atom stereocenters. The van der Waals surface area contributed by atoms with Gasteiger partial charge in [0.25, 0.3) is 0 Å². The standard InChI is InChI=1S/C36H42N4O3/c1-3-31(41)15-18-40-32-8-4-6-24(2)35(32)38-36(40)29-7-5-17-39(23-29)34(42)22-30(37)20-25-9-11-26(12-10-25)27-13-14-33-28(21-27)16-19-43-33/h4,6,8-14,21,29-30H,3,5,7,15-20,22-23,37H2,1-2H3/t29-,30-/m1/s1. The Hall–Kier alpha value is -3.97.